The number of carboxylic acids is 2. The molecular formula is C70H119N9O17. The Hall–Kier alpha value is -6.61. The third-order valence-electron chi connectivity index (χ3n) is 17.6. The first-order valence-corrected chi connectivity index (χ1v) is 35.4. The Labute approximate surface area is 569 Å². The molecule has 26 nitrogen and oxygen atoms in total. The fraction of sp³-hybridized carbons (Fsp3) is 0.757. The van der Waals surface area contributed by atoms with Gasteiger partial charge in [0, 0.05) is 70.2 Å². The Kier molecular flexibility index (Phi) is 47.6. The minimum Gasteiger partial charge on any atom is -0.508 e. The van der Waals surface area contributed by atoms with Crippen molar-refractivity contribution in [3.63, 3.8) is 0 Å². The second kappa shape index (κ2) is 53.4. The molecule has 1 saturated carbocycles. The number of nitrogens with zero attached hydrogens (tertiary/aromatic N) is 2. The number of amides is 5. The zero-order valence-corrected chi connectivity index (χ0v) is 57.9. The fourth-order valence-electron chi connectivity index (χ4n) is 11.6. The van der Waals surface area contributed by atoms with Gasteiger partial charge in [0.2, 0.25) is 29.5 Å². The molecule has 1 aromatic carbocycles. The lowest BCUT2D eigenvalue weighted by Gasteiger charge is -2.30. The standard InChI is InChI=1S/C70H119N9O17/c1-4-51(2)66(61(83)48-79(3)59(24-21-37-75-70(72)73)60(82)46-55(67(71)89)45-52-29-33-56(80)34-30-52)78-64(86)50-96-44-41-93-39-22-23-57(81)49-95-43-42-94-40-38-74-63(85)36-35-58(69(91)92)77-68(90)54-31-27-53(28-32-54)47-76-62(84)25-19-17-15-13-11-9-7-5-6-8-10-12-14-16-18-20-26-65(87)88/h29-30,33-34,51,53-55,58-59,66,80H,4-28,31-32,35-50H2,1-3H3,(H2,71,89)(H,74,85)(H,76,84)(H,77,90)(H,78,86)(H,87,88)(H,91,92)(H4,72,73,75)/t51-,53?,54?,55+,58-,59-,66-/m0/s1. The molecule has 1 aliphatic rings. The molecule has 1 aliphatic carbocycles. The van der Waals surface area contributed by atoms with Gasteiger partial charge in [-0.2, -0.15) is 0 Å². The molecule has 546 valence electrons. The number of carbonyl (C=O) groups excluding carboxylic acids is 8. The molecule has 0 unspecified atom stereocenters. The molecule has 2 rings (SSSR count). The quantitative estimate of drug-likeness (QED) is 0.0193. The first-order valence-electron chi connectivity index (χ1n) is 35.4. The van der Waals surface area contributed by atoms with Crippen LogP contribution in [0.2, 0.25) is 0 Å². The van der Waals surface area contributed by atoms with E-state index in [1.807, 2.05) is 13.8 Å². The lowest BCUT2D eigenvalue weighted by molar-refractivity contribution is -0.143. The first kappa shape index (κ1) is 85.5. The van der Waals surface area contributed by atoms with E-state index in [0.717, 1.165) is 51.4 Å². The third kappa shape index (κ3) is 42.8. The molecular weight excluding hydrogens is 1240 g/mol. The number of guanidine groups is 1. The van der Waals surface area contributed by atoms with Crippen LogP contribution in [-0.4, -0.2) is 189 Å². The number of likely N-dealkylation sites (N-methyl/N-ethyl adjacent to an activating group) is 1. The maximum Gasteiger partial charge on any atom is 0.326 e. The van der Waals surface area contributed by atoms with E-state index in [2.05, 4.69) is 26.3 Å². The maximum atomic E-state index is 13.8. The minimum absolute atomic E-state index is 0.0566. The van der Waals surface area contributed by atoms with Gasteiger partial charge in [0.25, 0.3) is 0 Å². The second-order valence-electron chi connectivity index (χ2n) is 25.7. The van der Waals surface area contributed by atoms with Crippen molar-refractivity contribution in [3.05, 3.63) is 29.8 Å². The summed E-state index contributed by atoms with van der Waals surface area (Å²) in [6, 6.07) is 3.36. The van der Waals surface area contributed by atoms with Crippen LogP contribution in [0.15, 0.2) is 29.3 Å². The molecule has 0 aliphatic heterocycles. The van der Waals surface area contributed by atoms with Gasteiger partial charge in [0.15, 0.2) is 23.3 Å². The number of phenolic OH excluding ortho intramolecular Hbond substituents is 1. The molecule has 1 fully saturated rings. The first-order chi connectivity index (χ1) is 46.1. The van der Waals surface area contributed by atoms with Crippen molar-refractivity contribution < 1.29 is 82.2 Å². The molecule has 0 heterocycles. The SMILES string of the molecule is CC[C@H](C)[C@H](NC(=O)COCCOCCCC(=O)COCCOCCNC(=O)CC[C@H](NC(=O)C1CCC(CNC(=O)CCCCCCCCCCCCCCCCCCC(=O)O)CC1)C(=O)O)C(=O)CN(C)[C@@H](CCCN=C(N)N)C(=O)C[C@@H](Cc1ccc(O)cc1)C(N)=O. The van der Waals surface area contributed by atoms with Gasteiger partial charge in [-0.3, -0.25) is 53.0 Å². The van der Waals surface area contributed by atoms with Gasteiger partial charge in [-0.15, -0.1) is 0 Å². The molecule has 0 bridgehead atoms. The predicted molar refractivity (Wildman–Crippen MR) is 365 cm³/mol. The van der Waals surface area contributed by atoms with Gasteiger partial charge < -0.3 is 72.7 Å². The van der Waals surface area contributed by atoms with Gasteiger partial charge in [-0.05, 0) is 107 Å². The number of aliphatic imine (C=N–C) groups is 1. The largest absolute Gasteiger partial charge is 0.508 e. The summed E-state index contributed by atoms with van der Waals surface area (Å²) in [6.45, 7) is 5.02. The molecule has 0 radical (unpaired) electrons. The van der Waals surface area contributed by atoms with Crippen LogP contribution in [0.5, 0.6) is 5.75 Å². The second-order valence-corrected chi connectivity index (χ2v) is 25.7. The zero-order valence-electron chi connectivity index (χ0n) is 57.9. The highest BCUT2D eigenvalue weighted by molar-refractivity contribution is 5.93. The van der Waals surface area contributed by atoms with Crippen LogP contribution in [0.4, 0.5) is 0 Å². The van der Waals surface area contributed by atoms with Crippen molar-refractivity contribution >= 4 is 64.8 Å². The Balaban J connectivity index is 1.51. The number of benzene rings is 1. The Bertz CT molecular complexity index is 2440. The van der Waals surface area contributed by atoms with E-state index in [1.165, 1.54) is 76.3 Å². The summed E-state index contributed by atoms with van der Waals surface area (Å²) in [7, 11) is 1.63. The molecule has 1 aromatic rings. The summed E-state index contributed by atoms with van der Waals surface area (Å²) >= 11 is 0. The van der Waals surface area contributed by atoms with E-state index in [-0.39, 0.29) is 182 Å². The van der Waals surface area contributed by atoms with E-state index in [0.29, 0.717) is 50.6 Å². The molecule has 26 heteroatoms. The van der Waals surface area contributed by atoms with Crippen molar-refractivity contribution in [1.82, 2.24) is 26.2 Å². The smallest absolute Gasteiger partial charge is 0.326 e. The average Bonchev–Trinajstić information content (AvgIpc) is 0.930. The highest BCUT2D eigenvalue weighted by Crippen LogP contribution is 2.29. The number of unbranched alkanes of at least 4 members (excludes halogenated alkanes) is 15. The van der Waals surface area contributed by atoms with Crippen molar-refractivity contribution in [1.29, 1.82) is 0 Å². The van der Waals surface area contributed by atoms with Crippen LogP contribution in [0.25, 0.3) is 0 Å². The van der Waals surface area contributed by atoms with Crippen molar-refractivity contribution in [3.8, 4) is 5.75 Å². The van der Waals surface area contributed by atoms with Gasteiger partial charge in [-0.1, -0.05) is 122 Å². The Morgan fingerprint density at radius 2 is 1.16 bits per heavy atom. The van der Waals surface area contributed by atoms with Crippen LogP contribution in [0.1, 0.15) is 212 Å². The van der Waals surface area contributed by atoms with Crippen LogP contribution >= 0.6 is 0 Å². The zero-order chi connectivity index (χ0) is 70.7. The number of primary amides is 1. The van der Waals surface area contributed by atoms with Gasteiger partial charge in [0.05, 0.1) is 51.7 Å². The van der Waals surface area contributed by atoms with Gasteiger partial charge in [-0.25, -0.2) is 4.79 Å². The Morgan fingerprint density at radius 1 is 0.604 bits per heavy atom. The summed E-state index contributed by atoms with van der Waals surface area (Å²) in [5, 5.41) is 39.3. The number of hydrogen-bond donors (Lipinski definition) is 10. The number of carbonyl (C=O) groups is 10. The van der Waals surface area contributed by atoms with Crippen molar-refractivity contribution in [2.45, 2.75) is 231 Å². The van der Waals surface area contributed by atoms with Crippen molar-refractivity contribution in [2.24, 2.45) is 45.9 Å². The normalized spacial score (nSPS) is 15.3. The van der Waals surface area contributed by atoms with E-state index >= 15 is 0 Å². The Morgan fingerprint density at radius 3 is 1.72 bits per heavy atom. The number of aromatic hydroxyl groups is 1. The van der Waals surface area contributed by atoms with Crippen LogP contribution < -0.4 is 38.5 Å². The average molecular weight is 1360 g/mol. The third-order valence-corrected chi connectivity index (χ3v) is 17.6. The molecule has 5 amide bonds. The summed E-state index contributed by atoms with van der Waals surface area (Å²) in [4.78, 5) is 132. The van der Waals surface area contributed by atoms with E-state index < -0.39 is 47.8 Å². The number of ether oxygens (including phenoxy) is 4. The van der Waals surface area contributed by atoms with Gasteiger partial charge in [0.1, 0.15) is 25.0 Å². The lowest BCUT2D eigenvalue weighted by atomic mass is 9.81. The number of rotatable bonds is 61. The number of phenols is 1. The summed E-state index contributed by atoms with van der Waals surface area (Å²) in [6.07, 6.45) is 23.7. The molecule has 0 aromatic heterocycles. The summed E-state index contributed by atoms with van der Waals surface area (Å²) in [5.74, 6) is -5.74. The van der Waals surface area contributed by atoms with Gasteiger partial charge >= 0.3 is 11.9 Å². The van der Waals surface area contributed by atoms with E-state index in [9.17, 15) is 58.2 Å². The number of ketones is 3. The summed E-state index contributed by atoms with van der Waals surface area (Å²) in [5.41, 5.74) is 17.4. The van der Waals surface area contributed by atoms with E-state index in [1.54, 1.807) is 24.1 Å². The summed E-state index contributed by atoms with van der Waals surface area (Å²) < 4.78 is 22.0. The molecule has 0 saturated heterocycles. The highest BCUT2D eigenvalue weighted by atomic mass is 16.5. The molecule has 0 spiro atoms. The number of Topliss-reactive ketones (excluding diaryl/α,β-unsaturated/α-hetero) is 3. The highest BCUT2D eigenvalue weighted by Gasteiger charge is 2.33. The predicted octanol–water partition coefficient (Wildman–Crippen LogP) is 6.36. The number of nitrogens with two attached hydrogens (primary N) is 3. The van der Waals surface area contributed by atoms with Crippen LogP contribution in [-0.2, 0) is 73.3 Å². The monoisotopic (exact) mass is 1360 g/mol. The number of nitrogens with one attached hydrogen (secondary N) is 4. The topological polar surface area (TPSA) is 410 Å². The minimum atomic E-state index is -1.22. The molecule has 5 atom stereocenters. The molecule has 13 N–H and O–H groups in total. The lowest BCUT2D eigenvalue weighted by Crippen LogP contribution is -2.51. The van der Waals surface area contributed by atoms with Crippen LogP contribution in [0.3, 0.4) is 0 Å². The molecule has 96 heavy (non-hydrogen) atoms. The van der Waals surface area contributed by atoms with Crippen LogP contribution in [0, 0.1) is 23.7 Å². The number of carboxylic acid groups (broad SMARTS) is 2. The van der Waals surface area contributed by atoms with E-state index in [4.69, 9.17) is 41.3 Å². The number of aliphatic carboxylic acids is 2. The van der Waals surface area contributed by atoms with Crippen molar-refractivity contribution in [2.75, 3.05) is 86.1 Å². The maximum absolute atomic E-state index is 13.8. The fourth-order valence-corrected chi connectivity index (χ4v) is 11.6. The number of hydrogen-bond acceptors (Lipinski definition) is 17.